The second kappa shape index (κ2) is 11.3. The lowest BCUT2D eigenvalue weighted by atomic mass is 10.1. The number of aliphatic carboxylic acids is 2. The molecule has 3 N–H and O–H groups in total. The zero-order valence-electron chi connectivity index (χ0n) is 19.9. The Hall–Kier alpha value is -4.46. The number of aliphatic hydroxyl groups excluding tert-OH is 1. The Balaban J connectivity index is 0.000000505. The van der Waals surface area contributed by atoms with Crippen LogP contribution in [0.2, 0.25) is 0 Å². The summed E-state index contributed by atoms with van der Waals surface area (Å²) >= 11 is 0. The molecule has 0 fully saturated rings. The maximum absolute atomic E-state index is 12.9. The zero-order chi connectivity index (χ0) is 28.2. The number of aliphatic hydroxyl groups is 1. The van der Waals surface area contributed by atoms with E-state index in [2.05, 4.69) is 0 Å². The van der Waals surface area contributed by atoms with Gasteiger partial charge < -0.3 is 20.1 Å². The molecule has 0 radical (unpaired) electrons. The number of carboxylic acid groups (broad SMARTS) is 2. The van der Waals surface area contributed by atoms with Crippen molar-refractivity contribution in [2.45, 2.75) is 32.7 Å². The van der Waals surface area contributed by atoms with Gasteiger partial charge in [0.05, 0.1) is 24.3 Å². The number of carboxylic acids is 2. The molecule has 0 aliphatic carbocycles. The average Bonchev–Trinajstić information content (AvgIpc) is 3.29. The summed E-state index contributed by atoms with van der Waals surface area (Å²) in [5.74, 6) is -3.49. The summed E-state index contributed by atoms with van der Waals surface area (Å²) in [5, 5.41) is 25.6. The van der Waals surface area contributed by atoms with Crippen molar-refractivity contribution in [3.8, 4) is 5.75 Å². The summed E-state index contributed by atoms with van der Waals surface area (Å²) in [5.41, 5.74) is 2.30. The fourth-order valence-electron chi connectivity index (χ4n) is 4.00. The number of alkyl halides is 3. The standard InChI is InChI=1S/C22H21N3O6.C2HF3O2/c1-2-23-17-8-7-14(31-13-20(27)28)11-18(17)24(9-10-26)19(23)12-25-21(29)15-5-3-4-6-16(15)22(25)30;3-2(4,5)1(6)7/h3-8,11,26H,2,9-10,12-13H2,1H3;(H,6,7)/p+1. The molecule has 11 nitrogen and oxygen atoms in total. The monoisotopic (exact) mass is 538 g/mol. The summed E-state index contributed by atoms with van der Waals surface area (Å²) in [6, 6.07) is 11.9. The number of hydrogen-bond donors (Lipinski definition) is 3. The number of ether oxygens (including phenoxy) is 1. The van der Waals surface area contributed by atoms with E-state index in [0.29, 0.717) is 34.8 Å². The number of imidazole rings is 1. The van der Waals surface area contributed by atoms with E-state index in [9.17, 15) is 32.7 Å². The summed E-state index contributed by atoms with van der Waals surface area (Å²) in [7, 11) is 0. The molecule has 3 aromatic rings. The van der Waals surface area contributed by atoms with Crippen LogP contribution in [0.1, 0.15) is 33.5 Å². The van der Waals surface area contributed by atoms with Gasteiger partial charge in [-0.15, -0.1) is 0 Å². The topological polar surface area (TPSA) is 150 Å². The largest absolute Gasteiger partial charge is 0.490 e. The van der Waals surface area contributed by atoms with Gasteiger partial charge in [0, 0.05) is 6.07 Å². The van der Waals surface area contributed by atoms with Crippen LogP contribution in [0.15, 0.2) is 42.5 Å². The van der Waals surface area contributed by atoms with Crippen molar-refractivity contribution in [2.75, 3.05) is 13.2 Å². The predicted octanol–water partition coefficient (Wildman–Crippen LogP) is 1.83. The van der Waals surface area contributed by atoms with Crippen LogP contribution in [-0.4, -0.2) is 67.9 Å². The second-order valence-electron chi connectivity index (χ2n) is 7.91. The molecular formula is C24H23F3N3O8+. The van der Waals surface area contributed by atoms with Crippen molar-refractivity contribution >= 4 is 34.8 Å². The van der Waals surface area contributed by atoms with Crippen LogP contribution >= 0.6 is 0 Å². The van der Waals surface area contributed by atoms with Crippen LogP contribution in [0.4, 0.5) is 13.2 Å². The number of halogens is 3. The molecule has 0 unspecified atom stereocenters. The zero-order valence-corrected chi connectivity index (χ0v) is 19.9. The number of amides is 2. The number of nitrogens with zero attached hydrogens (tertiary/aromatic N) is 3. The predicted molar refractivity (Wildman–Crippen MR) is 122 cm³/mol. The van der Waals surface area contributed by atoms with Gasteiger partial charge in [0.25, 0.3) is 17.6 Å². The van der Waals surface area contributed by atoms with Crippen LogP contribution in [0.25, 0.3) is 11.0 Å². The Morgan fingerprint density at radius 2 is 1.61 bits per heavy atom. The molecule has 0 saturated carbocycles. The minimum absolute atomic E-state index is 0.0418. The first-order valence-corrected chi connectivity index (χ1v) is 11.2. The Morgan fingerprint density at radius 1 is 1.03 bits per heavy atom. The van der Waals surface area contributed by atoms with Crippen molar-refractivity contribution in [1.82, 2.24) is 9.47 Å². The number of aromatic nitrogens is 2. The minimum atomic E-state index is -5.08. The highest BCUT2D eigenvalue weighted by Crippen LogP contribution is 2.26. The molecule has 2 aromatic carbocycles. The van der Waals surface area contributed by atoms with Crippen LogP contribution in [0.3, 0.4) is 0 Å². The molecule has 1 aliphatic rings. The number of aryl methyl sites for hydroxylation is 1. The molecule has 14 heteroatoms. The van der Waals surface area contributed by atoms with Gasteiger partial charge in [0.1, 0.15) is 18.8 Å². The first-order chi connectivity index (χ1) is 17.9. The van der Waals surface area contributed by atoms with Crippen molar-refractivity contribution in [2.24, 2.45) is 0 Å². The van der Waals surface area contributed by atoms with Gasteiger partial charge in [-0.25, -0.2) is 18.7 Å². The SMILES string of the molecule is CC[n+]1c(CN2C(=O)c3ccccc3C2=O)n(CCO)c2cc(OCC(=O)O)ccc21.O=C(O)C(F)(F)F. The number of carbonyl (C=O) groups is 4. The van der Waals surface area contributed by atoms with Crippen molar-refractivity contribution in [1.29, 1.82) is 0 Å². The van der Waals surface area contributed by atoms with Crippen molar-refractivity contribution < 1.29 is 57.0 Å². The maximum atomic E-state index is 12.9. The molecule has 0 spiro atoms. The lowest BCUT2D eigenvalue weighted by Gasteiger charge is -2.13. The summed E-state index contributed by atoms with van der Waals surface area (Å²) < 4.78 is 40.8. The molecular weight excluding hydrogens is 515 g/mol. The van der Waals surface area contributed by atoms with Gasteiger partial charge in [0.2, 0.25) is 0 Å². The lowest BCUT2D eigenvalue weighted by Crippen LogP contribution is -2.42. The molecule has 1 aromatic heterocycles. The average molecular weight is 538 g/mol. The van der Waals surface area contributed by atoms with E-state index >= 15 is 0 Å². The van der Waals surface area contributed by atoms with Gasteiger partial charge in [-0.1, -0.05) is 12.1 Å². The lowest BCUT2D eigenvalue weighted by molar-refractivity contribution is -0.677. The van der Waals surface area contributed by atoms with E-state index in [1.165, 1.54) is 4.90 Å². The molecule has 2 heterocycles. The number of benzene rings is 2. The highest BCUT2D eigenvalue weighted by atomic mass is 19.4. The quantitative estimate of drug-likeness (QED) is 0.291. The van der Waals surface area contributed by atoms with Crippen LogP contribution in [0.5, 0.6) is 5.75 Å². The van der Waals surface area contributed by atoms with Crippen LogP contribution in [-0.2, 0) is 29.2 Å². The van der Waals surface area contributed by atoms with E-state index in [0.717, 1.165) is 5.52 Å². The molecule has 38 heavy (non-hydrogen) atoms. The third-order valence-electron chi connectivity index (χ3n) is 5.57. The molecule has 2 amide bonds. The van der Waals surface area contributed by atoms with Gasteiger partial charge in [-0.05, 0) is 31.2 Å². The van der Waals surface area contributed by atoms with Gasteiger partial charge in [0.15, 0.2) is 17.6 Å². The molecule has 4 rings (SSSR count). The molecule has 0 saturated heterocycles. The smallest absolute Gasteiger partial charge is 0.482 e. The third kappa shape index (κ3) is 5.75. The molecule has 0 bridgehead atoms. The Labute approximate surface area is 212 Å². The Bertz CT molecular complexity index is 1370. The number of hydrogen-bond acceptors (Lipinski definition) is 6. The highest BCUT2D eigenvalue weighted by Gasteiger charge is 2.39. The van der Waals surface area contributed by atoms with E-state index in [4.69, 9.17) is 19.7 Å². The van der Waals surface area contributed by atoms with E-state index < -0.39 is 24.7 Å². The fourth-order valence-corrected chi connectivity index (χ4v) is 4.00. The Kier molecular flexibility index (Phi) is 8.36. The number of imide groups is 1. The van der Waals surface area contributed by atoms with Crippen LogP contribution in [0, 0.1) is 0 Å². The molecule has 202 valence electrons. The fraction of sp³-hybridized carbons (Fsp3) is 0.292. The first kappa shape index (κ1) is 28.1. The molecule has 1 aliphatic heterocycles. The highest BCUT2D eigenvalue weighted by molar-refractivity contribution is 6.21. The summed E-state index contributed by atoms with van der Waals surface area (Å²) in [6.07, 6.45) is -5.08. The van der Waals surface area contributed by atoms with E-state index in [-0.39, 0.29) is 31.5 Å². The minimum Gasteiger partial charge on any atom is -0.482 e. The number of rotatable bonds is 8. The number of carbonyl (C=O) groups excluding carboxylic acids is 2. The number of fused-ring (bicyclic) bond motifs is 2. The summed E-state index contributed by atoms with van der Waals surface area (Å²) in [4.78, 5) is 46.6. The maximum Gasteiger partial charge on any atom is 0.490 e. The van der Waals surface area contributed by atoms with Crippen molar-refractivity contribution in [3.63, 3.8) is 0 Å². The van der Waals surface area contributed by atoms with Gasteiger partial charge in [-0.3, -0.25) is 14.5 Å². The van der Waals surface area contributed by atoms with E-state index in [1.54, 1.807) is 42.5 Å². The van der Waals surface area contributed by atoms with Crippen molar-refractivity contribution in [3.05, 3.63) is 59.4 Å². The first-order valence-electron chi connectivity index (χ1n) is 11.2. The Morgan fingerprint density at radius 3 is 2.08 bits per heavy atom. The normalized spacial score (nSPS) is 12.8. The van der Waals surface area contributed by atoms with Gasteiger partial charge in [-0.2, -0.15) is 13.2 Å². The molecule has 0 atom stereocenters. The van der Waals surface area contributed by atoms with Gasteiger partial charge >= 0.3 is 18.1 Å². The van der Waals surface area contributed by atoms with E-state index in [1.807, 2.05) is 16.1 Å². The van der Waals surface area contributed by atoms with Crippen LogP contribution < -0.4 is 9.30 Å². The third-order valence-corrected chi connectivity index (χ3v) is 5.57. The summed E-state index contributed by atoms with van der Waals surface area (Å²) in [6.45, 7) is 2.18. The second-order valence-corrected chi connectivity index (χ2v) is 7.91.